The second-order valence-corrected chi connectivity index (χ2v) is 8.96. The molecule has 0 bridgehead atoms. The predicted octanol–water partition coefficient (Wildman–Crippen LogP) is 5.91. The van der Waals surface area contributed by atoms with Crippen LogP contribution in [0.1, 0.15) is 37.0 Å². The molecule has 0 radical (unpaired) electrons. The zero-order valence-electron chi connectivity index (χ0n) is 19.8. The van der Waals surface area contributed by atoms with Gasteiger partial charge in [-0.3, -0.25) is 4.90 Å². The molecule has 0 aliphatic rings. The predicted molar refractivity (Wildman–Crippen MR) is 134 cm³/mol. The summed E-state index contributed by atoms with van der Waals surface area (Å²) in [7, 11) is 1.85. The van der Waals surface area contributed by atoms with Crippen molar-refractivity contribution in [2.45, 2.75) is 52.0 Å². The van der Waals surface area contributed by atoms with Gasteiger partial charge in [-0.25, -0.2) is 0 Å². The van der Waals surface area contributed by atoms with Crippen molar-refractivity contribution >= 4 is 0 Å². The number of nitrogens with zero attached hydrogens (tertiary/aromatic N) is 1. The van der Waals surface area contributed by atoms with Crippen molar-refractivity contribution in [1.29, 1.82) is 0 Å². The minimum atomic E-state index is 0.105. The van der Waals surface area contributed by atoms with Crippen molar-refractivity contribution in [1.82, 2.24) is 10.2 Å². The maximum absolute atomic E-state index is 6.10. The first-order chi connectivity index (χ1) is 15.7. The maximum atomic E-state index is 6.10. The first-order valence-corrected chi connectivity index (χ1v) is 11.7. The summed E-state index contributed by atoms with van der Waals surface area (Å²) in [6, 6.07) is 32.5. The number of hydrogen-bond acceptors (Lipinski definition) is 3. The lowest BCUT2D eigenvalue weighted by Crippen LogP contribution is -2.48. The lowest BCUT2D eigenvalue weighted by atomic mass is 9.95. The summed E-state index contributed by atoms with van der Waals surface area (Å²) in [5.74, 6) is 0.584. The zero-order chi connectivity index (χ0) is 22.6. The molecule has 3 rings (SSSR count). The van der Waals surface area contributed by atoms with Crippen LogP contribution in [0.4, 0.5) is 0 Å². The Morgan fingerprint density at radius 1 is 0.719 bits per heavy atom. The molecule has 0 fully saturated rings. The van der Waals surface area contributed by atoms with Crippen LogP contribution in [-0.4, -0.2) is 30.7 Å². The summed E-state index contributed by atoms with van der Waals surface area (Å²) in [6.45, 7) is 8.10. The van der Waals surface area contributed by atoms with Crippen LogP contribution in [0.3, 0.4) is 0 Å². The lowest BCUT2D eigenvalue weighted by Gasteiger charge is -2.38. The third-order valence-corrected chi connectivity index (χ3v) is 5.89. The van der Waals surface area contributed by atoms with E-state index in [0.717, 1.165) is 32.6 Å². The smallest absolute Gasteiger partial charge is 0.0850 e. The lowest BCUT2D eigenvalue weighted by molar-refractivity contribution is -0.00184. The second-order valence-electron chi connectivity index (χ2n) is 8.96. The van der Waals surface area contributed by atoms with E-state index in [1.165, 1.54) is 16.7 Å². The fraction of sp³-hybridized carbons (Fsp3) is 0.379. The van der Waals surface area contributed by atoms with Gasteiger partial charge in [0.25, 0.3) is 0 Å². The average molecular weight is 431 g/mol. The Morgan fingerprint density at radius 2 is 1.19 bits per heavy atom. The Labute approximate surface area is 194 Å². The maximum Gasteiger partial charge on any atom is 0.0850 e. The molecule has 0 aliphatic carbocycles. The Kier molecular flexibility index (Phi) is 9.96. The minimum absolute atomic E-state index is 0.105. The zero-order valence-corrected chi connectivity index (χ0v) is 19.8. The van der Waals surface area contributed by atoms with Crippen LogP contribution in [0.15, 0.2) is 91.0 Å². The summed E-state index contributed by atoms with van der Waals surface area (Å²) in [4.78, 5) is 2.60. The molecular weight excluding hydrogens is 392 g/mol. The van der Waals surface area contributed by atoms with Gasteiger partial charge in [-0.2, -0.15) is 0 Å². The molecule has 3 heteroatoms. The summed E-state index contributed by atoms with van der Waals surface area (Å²) < 4.78 is 6.10. The molecule has 0 aliphatic heterocycles. The first-order valence-electron chi connectivity index (χ1n) is 11.7. The van der Waals surface area contributed by atoms with Crippen LogP contribution < -0.4 is 5.32 Å². The highest BCUT2D eigenvalue weighted by Gasteiger charge is 2.28. The standard InChI is InChI=1S/C29H38N2O/c1-24(2)19-28(29(32-3)21-30-20-25-13-7-4-8-14-25)31(22-26-15-9-5-10-16-26)23-27-17-11-6-12-18-27/h4-18,24,28-30H,19-23H2,1-3H3/t28-,29-/m0/s1. The molecule has 170 valence electrons. The van der Waals surface area contributed by atoms with Crippen molar-refractivity contribution in [3.05, 3.63) is 108 Å². The van der Waals surface area contributed by atoms with Gasteiger partial charge in [-0.15, -0.1) is 0 Å². The van der Waals surface area contributed by atoms with E-state index in [0.29, 0.717) is 12.0 Å². The van der Waals surface area contributed by atoms with Crippen LogP contribution in [0, 0.1) is 5.92 Å². The van der Waals surface area contributed by atoms with Crippen molar-refractivity contribution in [3.63, 3.8) is 0 Å². The monoisotopic (exact) mass is 430 g/mol. The largest absolute Gasteiger partial charge is 0.378 e. The minimum Gasteiger partial charge on any atom is -0.378 e. The first kappa shape index (κ1) is 24.2. The Bertz CT molecular complexity index is 826. The molecular formula is C29H38N2O. The van der Waals surface area contributed by atoms with E-state index in [9.17, 15) is 0 Å². The Hall–Kier alpha value is -2.46. The van der Waals surface area contributed by atoms with Gasteiger partial charge in [0.1, 0.15) is 0 Å². The fourth-order valence-corrected chi connectivity index (χ4v) is 4.28. The Morgan fingerprint density at radius 3 is 1.62 bits per heavy atom. The van der Waals surface area contributed by atoms with Crippen LogP contribution in [0.5, 0.6) is 0 Å². The van der Waals surface area contributed by atoms with Gasteiger partial charge in [-0.05, 0) is 29.0 Å². The van der Waals surface area contributed by atoms with Crippen LogP contribution in [-0.2, 0) is 24.4 Å². The van der Waals surface area contributed by atoms with Crippen molar-refractivity contribution in [3.8, 4) is 0 Å². The van der Waals surface area contributed by atoms with Crippen LogP contribution >= 0.6 is 0 Å². The molecule has 3 nitrogen and oxygen atoms in total. The Balaban J connectivity index is 1.78. The van der Waals surface area contributed by atoms with Crippen molar-refractivity contribution in [2.75, 3.05) is 13.7 Å². The van der Waals surface area contributed by atoms with E-state index >= 15 is 0 Å². The van der Waals surface area contributed by atoms with E-state index in [1.54, 1.807) is 0 Å². The molecule has 0 aromatic heterocycles. The van der Waals surface area contributed by atoms with Gasteiger partial charge in [0.05, 0.1) is 6.10 Å². The highest BCUT2D eigenvalue weighted by atomic mass is 16.5. The summed E-state index contributed by atoms with van der Waals surface area (Å²) >= 11 is 0. The molecule has 3 aromatic rings. The van der Waals surface area contributed by atoms with Crippen LogP contribution in [0.25, 0.3) is 0 Å². The summed E-state index contributed by atoms with van der Waals surface area (Å²) in [6.07, 6.45) is 1.19. The normalized spacial score (nSPS) is 13.4. The van der Waals surface area contributed by atoms with Gasteiger partial charge in [-0.1, -0.05) is 105 Å². The number of methoxy groups -OCH3 is 1. The molecule has 0 heterocycles. The molecule has 0 spiro atoms. The van der Waals surface area contributed by atoms with Gasteiger partial charge < -0.3 is 10.1 Å². The molecule has 0 saturated carbocycles. The van der Waals surface area contributed by atoms with Crippen molar-refractivity contribution in [2.24, 2.45) is 5.92 Å². The van der Waals surface area contributed by atoms with Crippen LogP contribution in [0.2, 0.25) is 0 Å². The topological polar surface area (TPSA) is 24.5 Å². The number of benzene rings is 3. The number of rotatable bonds is 13. The van der Waals surface area contributed by atoms with E-state index in [-0.39, 0.29) is 6.10 Å². The van der Waals surface area contributed by atoms with Gasteiger partial charge in [0.15, 0.2) is 0 Å². The summed E-state index contributed by atoms with van der Waals surface area (Å²) in [5, 5.41) is 3.64. The highest BCUT2D eigenvalue weighted by molar-refractivity contribution is 5.18. The molecule has 0 saturated heterocycles. The molecule has 3 aromatic carbocycles. The molecule has 32 heavy (non-hydrogen) atoms. The number of hydrogen-bond donors (Lipinski definition) is 1. The molecule has 0 unspecified atom stereocenters. The third-order valence-electron chi connectivity index (χ3n) is 5.89. The van der Waals surface area contributed by atoms with Gasteiger partial charge in [0.2, 0.25) is 0 Å². The van der Waals surface area contributed by atoms with E-state index in [1.807, 2.05) is 7.11 Å². The second kappa shape index (κ2) is 13.2. The van der Waals surface area contributed by atoms with Crippen molar-refractivity contribution < 1.29 is 4.74 Å². The quantitative estimate of drug-likeness (QED) is 0.365. The van der Waals surface area contributed by atoms with E-state index in [2.05, 4.69) is 115 Å². The average Bonchev–Trinajstić information content (AvgIpc) is 2.82. The molecule has 1 N–H and O–H groups in total. The summed E-state index contributed by atoms with van der Waals surface area (Å²) in [5.41, 5.74) is 3.97. The third kappa shape index (κ3) is 7.90. The van der Waals surface area contributed by atoms with E-state index < -0.39 is 0 Å². The van der Waals surface area contributed by atoms with E-state index in [4.69, 9.17) is 4.74 Å². The molecule has 0 amide bonds. The number of nitrogens with one attached hydrogen (secondary N) is 1. The van der Waals surface area contributed by atoms with Gasteiger partial charge in [0, 0.05) is 39.3 Å². The highest BCUT2D eigenvalue weighted by Crippen LogP contribution is 2.22. The SMILES string of the molecule is CO[C@@H](CNCc1ccccc1)[C@H](CC(C)C)N(Cc1ccccc1)Cc1ccccc1. The molecule has 2 atom stereocenters. The fourth-order valence-electron chi connectivity index (χ4n) is 4.28. The van der Waals surface area contributed by atoms with Gasteiger partial charge >= 0.3 is 0 Å². The number of ether oxygens (including phenoxy) is 1.